The summed E-state index contributed by atoms with van der Waals surface area (Å²) in [5.74, 6) is -0.484. The molecule has 1 aliphatic heterocycles. The number of carbonyl (C=O) groups excluding carboxylic acids is 2. The van der Waals surface area contributed by atoms with Gasteiger partial charge in [-0.25, -0.2) is 0 Å². The van der Waals surface area contributed by atoms with E-state index in [1.165, 1.54) is 30.3 Å². The quantitative estimate of drug-likeness (QED) is 0.761. The first kappa shape index (κ1) is 18.7. The predicted octanol–water partition coefficient (Wildman–Crippen LogP) is 2.50. The Morgan fingerprint density at radius 3 is 2.56 bits per heavy atom. The van der Waals surface area contributed by atoms with Gasteiger partial charge in [-0.15, -0.1) is 0 Å². The Balaban J connectivity index is 1.75. The number of anilines is 1. The molecule has 1 aliphatic rings. The summed E-state index contributed by atoms with van der Waals surface area (Å²) in [5.41, 5.74) is 0.0482. The minimum atomic E-state index is -4.47. The van der Waals surface area contributed by atoms with Crippen molar-refractivity contribution < 1.29 is 32.6 Å². The van der Waals surface area contributed by atoms with Gasteiger partial charge in [0.25, 0.3) is 11.8 Å². The van der Waals surface area contributed by atoms with Crippen molar-refractivity contribution >= 4 is 17.5 Å². The number of hydrogen-bond acceptors (Lipinski definition) is 4. The Bertz CT molecular complexity index is 866. The van der Waals surface area contributed by atoms with Crippen molar-refractivity contribution in [2.75, 3.05) is 18.5 Å². The Kier molecular flexibility index (Phi) is 5.04. The highest BCUT2D eigenvalue weighted by atomic mass is 19.4. The number of hydrogen-bond donors (Lipinski definition) is 3. The minimum Gasteiger partial charge on any atom is -0.482 e. The van der Waals surface area contributed by atoms with Crippen molar-refractivity contribution in [1.82, 2.24) is 5.32 Å². The van der Waals surface area contributed by atoms with Gasteiger partial charge >= 0.3 is 6.18 Å². The second kappa shape index (κ2) is 7.28. The van der Waals surface area contributed by atoms with Gasteiger partial charge in [0.1, 0.15) is 5.75 Å². The lowest BCUT2D eigenvalue weighted by Crippen LogP contribution is -2.31. The van der Waals surface area contributed by atoms with Crippen LogP contribution in [-0.4, -0.2) is 30.1 Å². The van der Waals surface area contributed by atoms with Crippen LogP contribution in [0.5, 0.6) is 5.75 Å². The average Bonchev–Trinajstić information content (AvgIpc) is 2.64. The number of aliphatic hydroxyl groups excluding tert-OH is 1. The van der Waals surface area contributed by atoms with E-state index in [-0.39, 0.29) is 18.1 Å². The van der Waals surface area contributed by atoms with E-state index in [4.69, 9.17) is 4.74 Å². The molecule has 3 N–H and O–H groups in total. The fourth-order valence-electron chi connectivity index (χ4n) is 2.60. The third-order valence-electron chi connectivity index (χ3n) is 4.00. The lowest BCUT2D eigenvalue weighted by Gasteiger charge is -2.20. The SMILES string of the molecule is O=C1COc2ccc(C(=O)N[C@@H](CO)c3ccc(C(F)(F)F)cc3)cc2N1. The zero-order valence-corrected chi connectivity index (χ0v) is 13.8. The second-order valence-corrected chi connectivity index (χ2v) is 5.88. The Labute approximate surface area is 151 Å². The van der Waals surface area contributed by atoms with Crippen molar-refractivity contribution in [2.24, 2.45) is 0 Å². The van der Waals surface area contributed by atoms with Crippen LogP contribution in [0.2, 0.25) is 0 Å². The number of rotatable bonds is 4. The van der Waals surface area contributed by atoms with E-state index in [9.17, 15) is 27.9 Å². The van der Waals surface area contributed by atoms with Gasteiger partial charge in [0.05, 0.1) is 23.9 Å². The topological polar surface area (TPSA) is 87.7 Å². The highest BCUT2D eigenvalue weighted by Crippen LogP contribution is 2.30. The molecule has 1 heterocycles. The van der Waals surface area contributed by atoms with Crippen molar-refractivity contribution in [1.29, 1.82) is 0 Å². The molecule has 9 heteroatoms. The average molecular weight is 380 g/mol. The van der Waals surface area contributed by atoms with Gasteiger partial charge in [-0.3, -0.25) is 9.59 Å². The summed E-state index contributed by atoms with van der Waals surface area (Å²) in [6.07, 6.45) is -4.47. The van der Waals surface area contributed by atoms with Crippen molar-refractivity contribution in [2.45, 2.75) is 12.2 Å². The van der Waals surface area contributed by atoms with Crippen molar-refractivity contribution in [3.05, 3.63) is 59.2 Å². The second-order valence-electron chi connectivity index (χ2n) is 5.88. The Morgan fingerprint density at radius 2 is 1.93 bits per heavy atom. The predicted molar refractivity (Wildman–Crippen MR) is 89.3 cm³/mol. The van der Waals surface area contributed by atoms with Crippen LogP contribution in [0.3, 0.4) is 0 Å². The van der Waals surface area contributed by atoms with Crippen LogP contribution >= 0.6 is 0 Å². The highest BCUT2D eigenvalue weighted by molar-refractivity contribution is 6.00. The molecule has 3 rings (SSSR count). The molecular formula is C18H15F3N2O4. The molecule has 1 atom stereocenters. The number of ether oxygens (including phenoxy) is 1. The third kappa shape index (κ3) is 4.20. The number of amides is 2. The summed E-state index contributed by atoms with van der Waals surface area (Å²) >= 11 is 0. The van der Waals surface area contributed by atoms with Crippen LogP contribution in [0.25, 0.3) is 0 Å². The van der Waals surface area contributed by atoms with E-state index in [1.54, 1.807) is 0 Å². The van der Waals surface area contributed by atoms with Crippen LogP contribution in [-0.2, 0) is 11.0 Å². The number of benzene rings is 2. The molecule has 2 aromatic carbocycles. The number of halogens is 3. The zero-order valence-electron chi connectivity index (χ0n) is 13.8. The van der Waals surface area contributed by atoms with Gasteiger partial charge in [0.2, 0.25) is 0 Å². The summed E-state index contributed by atoms with van der Waals surface area (Å²) in [6, 6.07) is 7.70. The lowest BCUT2D eigenvalue weighted by atomic mass is 10.0. The molecule has 0 radical (unpaired) electrons. The first-order valence-corrected chi connectivity index (χ1v) is 7.93. The maximum atomic E-state index is 12.6. The van der Waals surface area contributed by atoms with E-state index < -0.39 is 30.3 Å². The molecule has 2 aromatic rings. The number of aliphatic hydroxyl groups is 1. The summed E-state index contributed by atoms with van der Waals surface area (Å²) < 4.78 is 43.1. The van der Waals surface area contributed by atoms with Crippen LogP contribution in [0, 0.1) is 0 Å². The molecule has 0 aromatic heterocycles. The van der Waals surface area contributed by atoms with Crippen molar-refractivity contribution in [3.63, 3.8) is 0 Å². The number of carbonyl (C=O) groups is 2. The van der Waals surface area contributed by atoms with E-state index in [0.29, 0.717) is 17.0 Å². The van der Waals surface area contributed by atoms with Gasteiger partial charge in [-0.05, 0) is 35.9 Å². The molecule has 0 aliphatic carbocycles. The van der Waals surface area contributed by atoms with Crippen LogP contribution < -0.4 is 15.4 Å². The smallest absolute Gasteiger partial charge is 0.416 e. The molecule has 0 bridgehead atoms. The first-order chi connectivity index (χ1) is 12.8. The minimum absolute atomic E-state index is 0.112. The molecule has 0 fully saturated rings. The van der Waals surface area contributed by atoms with Gasteiger partial charge in [-0.2, -0.15) is 13.2 Å². The van der Waals surface area contributed by atoms with Gasteiger partial charge in [0, 0.05) is 5.56 Å². The molecule has 0 saturated carbocycles. The summed E-state index contributed by atoms with van der Waals surface area (Å²) in [6.45, 7) is -0.610. The lowest BCUT2D eigenvalue weighted by molar-refractivity contribution is -0.137. The number of nitrogens with one attached hydrogen (secondary N) is 2. The number of alkyl halides is 3. The van der Waals surface area contributed by atoms with E-state index in [1.807, 2.05) is 0 Å². The zero-order chi connectivity index (χ0) is 19.6. The fraction of sp³-hybridized carbons (Fsp3) is 0.222. The third-order valence-corrected chi connectivity index (χ3v) is 4.00. The molecule has 0 unspecified atom stereocenters. The molecule has 2 amide bonds. The summed E-state index contributed by atoms with van der Waals surface area (Å²) in [7, 11) is 0. The Hall–Kier alpha value is -3.07. The molecule has 0 saturated heterocycles. The summed E-state index contributed by atoms with van der Waals surface area (Å²) in [4.78, 5) is 23.8. The molecule has 27 heavy (non-hydrogen) atoms. The largest absolute Gasteiger partial charge is 0.482 e. The van der Waals surface area contributed by atoms with Crippen LogP contribution in [0.4, 0.5) is 18.9 Å². The standard InChI is InChI=1S/C18H15F3N2O4/c19-18(20,21)12-4-1-10(2-5-12)14(8-24)23-17(26)11-3-6-15-13(7-11)22-16(25)9-27-15/h1-7,14,24H,8-9H2,(H,22,25)(H,23,26)/t14-/m0/s1. The maximum Gasteiger partial charge on any atom is 0.416 e. The molecule has 0 spiro atoms. The van der Waals surface area contributed by atoms with Gasteiger partial charge in [-0.1, -0.05) is 12.1 Å². The molecule has 6 nitrogen and oxygen atoms in total. The van der Waals surface area contributed by atoms with Gasteiger partial charge < -0.3 is 20.5 Å². The van der Waals surface area contributed by atoms with E-state index >= 15 is 0 Å². The Morgan fingerprint density at radius 1 is 1.22 bits per heavy atom. The van der Waals surface area contributed by atoms with E-state index in [0.717, 1.165) is 12.1 Å². The molecule has 142 valence electrons. The van der Waals surface area contributed by atoms with Crippen molar-refractivity contribution in [3.8, 4) is 5.75 Å². The molecular weight excluding hydrogens is 365 g/mol. The fourth-order valence-corrected chi connectivity index (χ4v) is 2.60. The van der Waals surface area contributed by atoms with Gasteiger partial charge in [0.15, 0.2) is 6.61 Å². The number of fused-ring (bicyclic) bond motifs is 1. The monoisotopic (exact) mass is 380 g/mol. The van der Waals surface area contributed by atoms with Crippen LogP contribution in [0.1, 0.15) is 27.5 Å². The van der Waals surface area contributed by atoms with Crippen LogP contribution in [0.15, 0.2) is 42.5 Å². The first-order valence-electron chi connectivity index (χ1n) is 7.93. The van der Waals surface area contributed by atoms with E-state index in [2.05, 4.69) is 10.6 Å². The highest BCUT2D eigenvalue weighted by Gasteiger charge is 2.30. The maximum absolute atomic E-state index is 12.6. The normalized spacial score (nSPS) is 14.6. The summed E-state index contributed by atoms with van der Waals surface area (Å²) in [5, 5.41) is 14.6.